The number of hydrogen-bond donors (Lipinski definition) is 0. The molecular formula is C23H23N5O3. The third-order valence-corrected chi connectivity index (χ3v) is 5.73. The molecule has 0 aliphatic carbocycles. The molecule has 0 saturated carbocycles. The monoisotopic (exact) mass is 417 g/mol. The number of ether oxygens (including phenoxy) is 1. The number of morpholine rings is 1. The minimum absolute atomic E-state index is 0.118. The van der Waals surface area contributed by atoms with Gasteiger partial charge < -0.3 is 9.30 Å². The second-order valence-corrected chi connectivity index (χ2v) is 7.67. The van der Waals surface area contributed by atoms with Crippen molar-refractivity contribution in [3.63, 3.8) is 0 Å². The van der Waals surface area contributed by atoms with Crippen molar-refractivity contribution in [2.75, 3.05) is 32.8 Å². The molecule has 8 heteroatoms. The van der Waals surface area contributed by atoms with E-state index in [1.54, 1.807) is 58.2 Å². The van der Waals surface area contributed by atoms with Crippen LogP contribution in [0.15, 0.2) is 64.7 Å². The Morgan fingerprint density at radius 3 is 2.35 bits per heavy atom. The van der Waals surface area contributed by atoms with Gasteiger partial charge >= 0.3 is 0 Å². The first-order valence-electron chi connectivity index (χ1n) is 10.5. The van der Waals surface area contributed by atoms with Crippen LogP contribution in [-0.4, -0.2) is 56.9 Å². The van der Waals surface area contributed by atoms with Crippen LogP contribution < -0.4 is 11.1 Å². The summed E-state index contributed by atoms with van der Waals surface area (Å²) < 4.78 is 8.63. The molecule has 4 aromatic rings. The molecule has 0 radical (unpaired) electrons. The predicted octanol–water partition coefficient (Wildman–Crippen LogP) is 1.82. The van der Waals surface area contributed by atoms with E-state index in [0.29, 0.717) is 28.4 Å². The standard InChI is InChI=1S/C23H23N5O3/c29-22-18-16-19-21(5-11-28(23(19)30)17-2-6-24-7-3-17)25-20(18)4-10-27(22)9-1-8-26-12-14-31-15-13-26/h2-7,10-11,16H,1,8-9,12-15H2. The Hall–Kier alpha value is -3.36. The van der Waals surface area contributed by atoms with Crippen LogP contribution in [0.1, 0.15) is 6.42 Å². The molecule has 158 valence electrons. The quantitative estimate of drug-likeness (QED) is 0.461. The van der Waals surface area contributed by atoms with E-state index in [2.05, 4.69) is 14.9 Å². The van der Waals surface area contributed by atoms with Gasteiger partial charge in [-0.05, 0) is 36.8 Å². The van der Waals surface area contributed by atoms with E-state index >= 15 is 0 Å². The smallest absolute Gasteiger partial charge is 0.264 e. The van der Waals surface area contributed by atoms with E-state index in [1.165, 1.54) is 0 Å². The zero-order valence-corrected chi connectivity index (χ0v) is 17.1. The van der Waals surface area contributed by atoms with Gasteiger partial charge in [-0.1, -0.05) is 0 Å². The maximum Gasteiger partial charge on any atom is 0.264 e. The molecule has 0 aromatic carbocycles. The van der Waals surface area contributed by atoms with E-state index in [4.69, 9.17) is 4.74 Å². The lowest BCUT2D eigenvalue weighted by molar-refractivity contribution is 0.0369. The summed E-state index contributed by atoms with van der Waals surface area (Å²) in [5.74, 6) is 0. The number of nitrogens with zero attached hydrogens (tertiary/aromatic N) is 5. The topological polar surface area (TPSA) is 82.2 Å². The van der Waals surface area contributed by atoms with Crippen LogP contribution in [0.2, 0.25) is 0 Å². The average Bonchev–Trinajstić information content (AvgIpc) is 2.81. The van der Waals surface area contributed by atoms with Crippen LogP contribution in [0, 0.1) is 0 Å². The summed E-state index contributed by atoms with van der Waals surface area (Å²) in [5, 5.41) is 0.890. The lowest BCUT2D eigenvalue weighted by atomic mass is 10.2. The molecule has 31 heavy (non-hydrogen) atoms. The molecule has 0 amide bonds. The fraction of sp³-hybridized carbons (Fsp3) is 0.304. The van der Waals surface area contributed by atoms with E-state index in [1.807, 2.05) is 6.07 Å². The van der Waals surface area contributed by atoms with Crippen LogP contribution in [-0.2, 0) is 11.3 Å². The highest BCUT2D eigenvalue weighted by atomic mass is 16.5. The normalized spacial score (nSPS) is 15.0. The van der Waals surface area contributed by atoms with Crippen molar-refractivity contribution in [2.45, 2.75) is 13.0 Å². The Bertz CT molecular complexity index is 1340. The van der Waals surface area contributed by atoms with Gasteiger partial charge in [-0.2, -0.15) is 0 Å². The molecule has 0 unspecified atom stereocenters. The van der Waals surface area contributed by atoms with E-state index in [0.717, 1.165) is 45.0 Å². The number of pyridine rings is 4. The first-order valence-corrected chi connectivity index (χ1v) is 10.5. The molecule has 4 aromatic heterocycles. The minimum atomic E-state index is -0.208. The van der Waals surface area contributed by atoms with Gasteiger partial charge in [0, 0.05) is 51.0 Å². The molecule has 0 atom stereocenters. The minimum Gasteiger partial charge on any atom is -0.379 e. The highest BCUT2D eigenvalue weighted by Gasteiger charge is 2.12. The number of hydrogen-bond acceptors (Lipinski definition) is 6. The zero-order valence-electron chi connectivity index (χ0n) is 17.1. The van der Waals surface area contributed by atoms with Gasteiger partial charge in [0.15, 0.2) is 0 Å². The Kier molecular flexibility index (Phi) is 5.31. The van der Waals surface area contributed by atoms with Gasteiger partial charge in [-0.15, -0.1) is 0 Å². The second-order valence-electron chi connectivity index (χ2n) is 7.67. The van der Waals surface area contributed by atoms with Crippen molar-refractivity contribution in [2.24, 2.45) is 0 Å². The molecule has 5 rings (SSSR count). The summed E-state index contributed by atoms with van der Waals surface area (Å²) in [4.78, 5) is 37.1. The van der Waals surface area contributed by atoms with E-state index in [9.17, 15) is 9.59 Å². The maximum atomic E-state index is 13.1. The first-order chi connectivity index (χ1) is 15.2. The molecule has 8 nitrogen and oxygen atoms in total. The molecule has 0 bridgehead atoms. The zero-order chi connectivity index (χ0) is 21.2. The summed E-state index contributed by atoms with van der Waals surface area (Å²) in [5.41, 5.74) is 1.57. The first kappa shape index (κ1) is 19.6. The van der Waals surface area contributed by atoms with Crippen molar-refractivity contribution in [3.8, 4) is 5.69 Å². The number of rotatable bonds is 5. The third-order valence-electron chi connectivity index (χ3n) is 5.73. The Morgan fingerprint density at radius 1 is 0.871 bits per heavy atom. The fourth-order valence-corrected chi connectivity index (χ4v) is 4.04. The highest BCUT2D eigenvalue weighted by Crippen LogP contribution is 2.15. The Morgan fingerprint density at radius 2 is 1.58 bits per heavy atom. The van der Waals surface area contributed by atoms with Crippen molar-refractivity contribution in [1.82, 2.24) is 24.0 Å². The fourth-order valence-electron chi connectivity index (χ4n) is 4.04. The molecule has 1 saturated heterocycles. The summed E-state index contributed by atoms with van der Waals surface area (Å²) in [6.45, 7) is 4.97. The molecule has 0 N–H and O–H groups in total. The molecule has 1 aliphatic heterocycles. The molecule has 1 fully saturated rings. The van der Waals surface area contributed by atoms with Gasteiger partial charge in [-0.25, -0.2) is 4.98 Å². The predicted molar refractivity (Wildman–Crippen MR) is 119 cm³/mol. The number of aromatic nitrogens is 4. The average molecular weight is 417 g/mol. The van der Waals surface area contributed by atoms with Gasteiger partial charge in [-0.3, -0.25) is 24.0 Å². The molecule has 0 spiro atoms. The van der Waals surface area contributed by atoms with Gasteiger partial charge in [0.2, 0.25) is 0 Å². The lowest BCUT2D eigenvalue weighted by Crippen LogP contribution is -2.37. The highest BCUT2D eigenvalue weighted by molar-refractivity contribution is 5.91. The summed E-state index contributed by atoms with van der Waals surface area (Å²) in [6, 6.07) is 8.86. The van der Waals surface area contributed by atoms with Crippen molar-refractivity contribution < 1.29 is 4.74 Å². The number of fused-ring (bicyclic) bond motifs is 2. The largest absolute Gasteiger partial charge is 0.379 e. The second kappa shape index (κ2) is 8.41. The van der Waals surface area contributed by atoms with Crippen LogP contribution in [0.25, 0.3) is 27.5 Å². The van der Waals surface area contributed by atoms with Crippen LogP contribution in [0.5, 0.6) is 0 Å². The van der Waals surface area contributed by atoms with E-state index < -0.39 is 0 Å². The van der Waals surface area contributed by atoms with Gasteiger partial charge in [0.1, 0.15) is 0 Å². The van der Waals surface area contributed by atoms with Crippen molar-refractivity contribution in [3.05, 3.63) is 75.8 Å². The lowest BCUT2D eigenvalue weighted by Gasteiger charge is -2.26. The van der Waals surface area contributed by atoms with Crippen LogP contribution >= 0.6 is 0 Å². The summed E-state index contributed by atoms with van der Waals surface area (Å²) in [7, 11) is 0. The Labute approximate surface area is 178 Å². The third kappa shape index (κ3) is 3.87. The van der Waals surface area contributed by atoms with Crippen LogP contribution in [0.3, 0.4) is 0 Å². The van der Waals surface area contributed by atoms with E-state index in [-0.39, 0.29) is 11.1 Å². The van der Waals surface area contributed by atoms with Crippen LogP contribution in [0.4, 0.5) is 0 Å². The Balaban J connectivity index is 1.49. The summed E-state index contributed by atoms with van der Waals surface area (Å²) >= 11 is 0. The van der Waals surface area contributed by atoms with Crippen molar-refractivity contribution >= 4 is 21.8 Å². The van der Waals surface area contributed by atoms with Gasteiger partial charge in [0.05, 0.1) is 40.7 Å². The SMILES string of the molecule is O=c1c2cc3c(=O)n(-c4ccncc4)ccc3nc2ccn1CCCN1CCOCC1. The maximum absolute atomic E-state index is 13.1. The summed E-state index contributed by atoms with van der Waals surface area (Å²) in [6.07, 6.45) is 7.65. The molecule has 1 aliphatic rings. The van der Waals surface area contributed by atoms with Crippen molar-refractivity contribution in [1.29, 1.82) is 0 Å². The number of aryl methyl sites for hydroxylation is 1. The molecular weight excluding hydrogens is 394 g/mol. The molecule has 5 heterocycles. The van der Waals surface area contributed by atoms with Gasteiger partial charge in [0.25, 0.3) is 11.1 Å².